The minimum atomic E-state index is -0.633. The van der Waals surface area contributed by atoms with E-state index in [2.05, 4.69) is 10.3 Å². The van der Waals surface area contributed by atoms with Gasteiger partial charge in [-0.05, 0) is 23.6 Å². The highest BCUT2D eigenvalue weighted by molar-refractivity contribution is 7.13. The largest absolute Gasteiger partial charge is 0.339 e. The van der Waals surface area contributed by atoms with Crippen molar-refractivity contribution < 1.29 is 13.6 Å². The number of thiazole rings is 1. The molecule has 0 aliphatic carbocycles. The maximum atomic E-state index is 14.0. The zero-order chi connectivity index (χ0) is 18.0. The monoisotopic (exact) mass is 361 g/mol. The maximum absolute atomic E-state index is 14.0. The topological polar surface area (TPSA) is 46.9 Å². The van der Waals surface area contributed by atoms with Gasteiger partial charge in [-0.1, -0.05) is 19.9 Å². The number of halogens is 2. The lowest BCUT2D eigenvalue weighted by Gasteiger charge is -2.10. The molecule has 4 nitrogen and oxygen atoms in total. The molecule has 3 rings (SSSR count). The number of aromatic nitrogens is 2. The lowest BCUT2D eigenvalue weighted by molar-refractivity contribution is 0.101. The molecule has 0 atom stereocenters. The Morgan fingerprint density at radius 3 is 2.76 bits per heavy atom. The fourth-order valence-corrected chi connectivity index (χ4v) is 2.97. The van der Waals surface area contributed by atoms with Crippen molar-refractivity contribution in [3.63, 3.8) is 0 Å². The number of nitrogens with zero attached hydrogens (tertiary/aromatic N) is 2. The van der Waals surface area contributed by atoms with Gasteiger partial charge in [0.25, 0.3) is 5.91 Å². The zero-order valence-corrected chi connectivity index (χ0v) is 14.6. The van der Waals surface area contributed by atoms with Gasteiger partial charge in [-0.2, -0.15) is 0 Å². The second-order valence-corrected chi connectivity index (χ2v) is 6.86. The van der Waals surface area contributed by atoms with Gasteiger partial charge in [0.2, 0.25) is 0 Å². The second-order valence-electron chi connectivity index (χ2n) is 5.97. The first kappa shape index (κ1) is 17.3. The number of hydrogen-bond donors (Lipinski definition) is 1. The number of carbonyl (C=O) groups is 1. The Bertz CT molecular complexity index is 888. The number of amides is 1. The van der Waals surface area contributed by atoms with Crippen molar-refractivity contribution in [1.82, 2.24) is 9.55 Å². The van der Waals surface area contributed by atoms with Crippen LogP contribution in [0.4, 0.5) is 13.9 Å². The number of nitrogens with one attached hydrogen (secondary N) is 1. The zero-order valence-electron chi connectivity index (χ0n) is 13.8. The van der Waals surface area contributed by atoms with E-state index in [9.17, 15) is 13.6 Å². The van der Waals surface area contributed by atoms with Crippen LogP contribution in [0.5, 0.6) is 0 Å². The van der Waals surface area contributed by atoms with Crippen LogP contribution in [0.3, 0.4) is 0 Å². The first-order valence-corrected chi connectivity index (χ1v) is 8.67. The maximum Gasteiger partial charge on any atom is 0.274 e. The minimum Gasteiger partial charge on any atom is -0.339 e. The van der Waals surface area contributed by atoms with Crippen molar-refractivity contribution in [3.05, 3.63) is 70.5 Å². The summed E-state index contributed by atoms with van der Waals surface area (Å²) in [5, 5.41) is 5.00. The molecule has 7 heteroatoms. The quantitative estimate of drug-likeness (QED) is 0.719. The molecule has 0 unspecified atom stereocenters. The summed E-state index contributed by atoms with van der Waals surface area (Å²) in [5.41, 5.74) is 1.69. The fourth-order valence-electron chi connectivity index (χ4n) is 2.45. The van der Waals surface area contributed by atoms with Crippen LogP contribution in [0.25, 0.3) is 0 Å². The van der Waals surface area contributed by atoms with Crippen molar-refractivity contribution in [2.45, 2.75) is 26.3 Å². The molecule has 0 fully saturated rings. The summed E-state index contributed by atoms with van der Waals surface area (Å²) in [7, 11) is 0. The minimum absolute atomic E-state index is 0.138. The SMILES string of the molecule is CC(C)c1cc(C(=O)Nc2nccs2)n(Cc2ccc(F)cc2F)c1. The molecule has 1 N–H and O–H groups in total. The third-order valence-corrected chi connectivity index (χ3v) is 4.51. The molecule has 0 saturated heterocycles. The van der Waals surface area contributed by atoms with Crippen LogP contribution < -0.4 is 5.32 Å². The van der Waals surface area contributed by atoms with Gasteiger partial charge < -0.3 is 4.57 Å². The summed E-state index contributed by atoms with van der Waals surface area (Å²) in [6.07, 6.45) is 3.43. The van der Waals surface area contributed by atoms with Crippen molar-refractivity contribution >= 4 is 22.4 Å². The van der Waals surface area contributed by atoms with E-state index in [1.807, 2.05) is 20.0 Å². The predicted molar refractivity (Wildman–Crippen MR) is 94.0 cm³/mol. The molecule has 130 valence electrons. The van der Waals surface area contributed by atoms with Crippen molar-refractivity contribution in [3.8, 4) is 0 Å². The van der Waals surface area contributed by atoms with E-state index in [-0.39, 0.29) is 18.4 Å². The molecule has 0 saturated carbocycles. The molecule has 0 spiro atoms. The number of carbonyl (C=O) groups excluding carboxylic acids is 1. The van der Waals surface area contributed by atoms with Crippen LogP contribution in [-0.4, -0.2) is 15.5 Å². The van der Waals surface area contributed by atoms with Gasteiger partial charge in [0.05, 0.1) is 6.54 Å². The Kier molecular flexibility index (Phi) is 4.94. The number of anilines is 1. The standard InChI is InChI=1S/C18H17F2N3OS/c1-11(2)13-7-16(17(24)22-18-21-5-6-25-18)23(10-13)9-12-3-4-14(19)8-15(12)20/h3-8,10-11H,9H2,1-2H3,(H,21,22,24). The molecule has 0 aliphatic rings. The predicted octanol–water partition coefficient (Wildman–Crippen LogP) is 4.65. The average molecular weight is 361 g/mol. The van der Waals surface area contributed by atoms with Crippen LogP contribution in [0.1, 0.15) is 41.4 Å². The number of benzene rings is 1. The molecule has 2 heterocycles. The van der Waals surface area contributed by atoms with E-state index < -0.39 is 11.6 Å². The summed E-state index contributed by atoms with van der Waals surface area (Å²) in [4.78, 5) is 16.6. The van der Waals surface area contributed by atoms with E-state index in [0.717, 1.165) is 11.6 Å². The van der Waals surface area contributed by atoms with Crippen LogP contribution in [0.15, 0.2) is 42.0 Å². The molecular weight excluding hydrogens is 344 g/mol. The lowest BCUT2D eigenvalue weighted by atomic mass is 10.1. The van der Waals surface area contributed by atoms with Gasteiger partial charge in [0.15, 0.2) is 5.13 Å². The smallest absolute Gasteiger partial charge is 0.274 e. The van der Waals surface area contributed by atoms with Crippen molar-refractivity contribution in [1.29, 1.82) is 0 Å². The lowest BCUT2D eigenvalue weighted by Crippen LogP contribution is -2.17. The molecule has 3 aromatic rings. The highest BCUT2D eigenvalue weighted by Gasteiger charge is 2.17. The van der Waals surface area contributed by atoms with E-state index in [0.29, 0.717) is 16.4 Å². The molecule has 25 heavy (non-hydrogen) atoms. The molecule has 1 amide bonds. The Morgan fingerprint density at radius 1 is 1.32 bits per heavy atom. The summed E-state index contributed by atoms with van der Waals surface area (Å²) < 4.78 is 28.8. The Hall–Kier alpha value is -2.54. The van der Waals surface area contributed by atoms with E-state index in [1.165, 1.54) is 23.5 Å². The summed E-state index contributed by atoms with van der Waals surface area (Å²) in [6.45, 7) is 4.17. The number of hydrogen-bond acceptors (Lipinski definition) is 3. The van der Waals surface area contributed by atoms with Crippen LogP contribution in [-0.2, 0) is 6.54 Å². The van der Waals surface area contributed by atoms with Crippen molar-refractivity contribution in [2.24, 2.45) is 0 Å². The molecule has 0 bridgehead atoms. The van der Waals surface area contributed by atoms with Crippen LogP contribution in [0.2, 0.25) is 0 Å². The summed E-state index contributed by atoms with van der Waals surface area (Å²) >= 11 is 1.32. The van der Waals surface area contributed by atoms with E-state index >= 15 is 0 Å². The summed E-state index contributed by atoms with van der Waals surface area (Å²) in [6, 6.07) is 5.23. The second kappa shape index (κ2) is 7.14. The van der Waals surface area contributed by atoms with Gasteiger partial charge >= 0.3 is 0 Å². The van der Waals surface area contributed by atoms with Gasteiger partial charge in [-0.25, -0.2) is 13.8 Å². The third-order valence-electron chi connectivity index (χ3n) is 3.83. The van der Waals surface area contributed by atoms with Crippen molar-refractivity contribution in [2.75, 3.05) is 5.32 Å². The summed E-state index contributed by atoms with van der Waals surface area (Å²) in [5.74, 6) is -1.36. The first-order chi connectivity index (χ1) is 11.9. The van der Waals surface area contributed by atoms with Gasteiger partial charge in [-0.15, -0.1) is 11.3 Å². The van der Waals surface area contributed by atoms with Gasteiger partial charge in [-0.3, -0.25) is 10.1 Å². The Morgan fingerprint density at radius 2 is 2.12 bits per heavy atom. The fraction of sp³-hybridized carbons (Fsp3) is 0.222. The number of rotatable bonds is 5. The molecule has 1 aromatic carbocycles. The Balaban J connectivity index is 1.92. The van der Waals surface area contributed by atoms with Gasteiger partial charge in [0.1, 0.15) is 17.3 Å². The average Bonchev–Trinajstić information content (AvgIpc) is 3.19. The first-order valence-electron chi connectivity index (χ1n) is 7.79. The highest BCUT2D eigenvalue weighted by Crippen LogP contribution is 2.22. The third kappa shape index (κ3) is 3.93. The van der Waals surface area contributed by atoms with Crippen LogP contribution in [0, 0.1) is 11.6 Å². The van der Waals surface area contributed by atoms with E-state index in [4.69, 9.17) is 0 Å². The molecule has 0 aliphatic heterocycles. The van der Waals surface area contributed by atoms with E-state index in [1.54, 1.807) is 22.2 Å². The molecule has 2 aromatic heterocycles. The molecular formula is C18H17F2N3OS. The van der Waals surface area contributed by atoms with Gasteiger partial charge in [0, 0.05) is 29.4 Å². The normalized spacial score (nSPS) is 11.1. The van der Waals surface area contributed by atoms with Crippen LogP contribution >= 0.6 is 11.3 Å². The highest BCUT2D eigenvalue weighted by atomic mass is 32.1. The molecule has 0 radical (unpaired) electrons. The Labute approximate surface area is 148 Å².